The predicted molar refractivity (Wildman–Crippen MR) is 99.8 cm³/mol. The Morgan fingerprint density at radius 2 is 1.81 bits per heavy atom. The van der Waals surface area contributed by atoms with Crippen LogP contribution < -0.4 is 4.74 Å². The molecular weight excluding hydrogens is 427 g/mol. The first-order valence-electron chi connectivity index (χ1n) is 8.88. The number of hydrogen-bond acceptors (Lipinski definition) is 3. The van der Waals surface area contributed by atoms with E-state index in [0.29, 0.717) is 30.4 Å². The Morgan fingerprint density at radius 1 is 1.22 bits per heavy atom. The Labute approximate surface area is 166 Å². The highest BCUT2D eigenvalue weighted by molar-refractivity contribution is 9.10. The van der Waals surface area contributed by atoms with Crippen LogP contribution >= 0.6 is 15.9 Å². The van der Waals surface area contributed by atoms with E-state index >= 15 is 0 Å². The highest BCUT2D eigenvalue weighted by Gasteiger charge is 2.36. The van der Waals surface area contributed by atoms with E-state index in [1.165, 1.54) is 12.1 Å². The second-order valence-corrected chi connectivity index (χ2v) is 8.68. The zero-order valence-electron chi connectivity index (χ0n) is 15.9. The number of benzene rings is 1. The van der Waals surface area contributed by atoms with Gasteiger partial charge in [-0.1, -0.05) is 15.9 Å². The molecule has 1 aromatic rings. The number of alkyl halides is 3. The minimum absolute atomic E-state index is 0.0633. The molecule has 0 spiro atoms. The maximum absolute atomic E-state index is 13.2. The summed E-state index contributed by atoms with van der Waals surface area (Å²) in [5.41, 5.74) is -1.35. The second-order valence-electron chi connectivity index (χ2n) is 7.77. The van der Waals surface area contributed by atoms with Crippen molar-refractivity contribution < 1.29 is 27.4 Å². The molecule has 1 amide bonds. The largest absolute Gasteiger partial charge is 0.490 e. The Kier molecular flexibility index (Phi) is 6.71. The van der Waals surface area contributed by atoms with Gasteiger partial charge in [-0.2, -0.15) is 13.2 Å². The Hall–Kier alpha value is -1.44. The number of nitrogens with zero attached hydrogens (tertiary/aromatic N) is 1. The number of piperidine rings is 1. The molecule has 1 aliphatic rings. The molecule has 27 heavy (non-hydrogen) atoms. The zero-order chi connectivity index (χ0) is 20.4. The molecule has 1 saturated heterocycles. The first-order valence-corrected chi connectivity index (χ1v) is 9.67. The van der Waals surface area contributed by atoms with E-state index in [4.69, 9.17) is 9.47 Å². The fourth-order valence-corrected chi connectivity index (χ4v) is 3.36. The normalized spacial score (nSPS) is 17.6. The molecule has 0 saturated carbocycles. The van der Waals surface area contributed by atoms with Gasteiger partial charge < -0.3 is 14.4 Å². The molecule has 8 heteroatoms. The van der Waals surface area contributed by atoms with Gasteiger partial charge in [0.1, 0.15) is 11.4 Å². The Morgan fingerprint density at radius 3 is 2.33 bits per heavy atom. The highest BCUT2D eigenvalue weighted by Crippen LogP contribution is 2.39. The summed E-state index contributed by atoms with van der Waals surface area (Å²) >= 11 is 3.07. The molecule has 1 unspecified atom stereocenters. The molecule has 0 N–H and O–H groups in total. The predicted octanol–water partition coefficient (Wildman–Crippen LogP) is 5.88. The molecule has 1 aromatic carbocycles. The van der Waals surface area contributed by atoms with Crippen molar-refractivity contribution in [1.82, 2.24) is 4.90 Å². The van der Waals surface area contributed by atoms with Crippen molar-refractivity contribution in [3.05, 3.63) is 28.2 Å². The van der Waals surface area contributed by atoms with E-state index < -0.39 is 23.4 Å². The average Bonchev–Trinajstić information content (AvgIpc) is 2.54. The van der Waals surface area contributed by atoms with E-state index in [-0.39, 0.29) is 17.8 Å². The lowest BCUT2D eigenvalue weighted by atomic mass is 9.92. The molecule has 0 radical (unpaired) electrons. The van der Waals surface area contributed by atoms with Crippen molar-refractivity contribution in [2.24, 2.45) is 5.92 Å². The SMILES string of the molecule is CC(Oc1ccc(Br)cc1C(F)(F)F)C1CCN(C(=O)OC(C)(C)C)CC1. The average molecular weight is 452 g/mol. The number of carbonyl (C=O) groups excluding carboxylic acids is 1. The first kappa shape index (κ1) is 21.9. The van der Waals surface area contributed by atoms with Crippen LogP contribution in [0.25, 0.3) is 0 Å². The van der Waals surface area contributed by atoms with Gasteiger partial charge in [-0.05, 0) is 64.7 Å². The van der Waals surface area contributed by atoms with Gasteiger partial charge in [0.05, 0.1) is 11.7 Å². The van der Waals surface area contributed by atoms with E-state index in [0.717, 1.165) is 6.07 Å². The lowest BCUT2D eigenvalue weighted by molar-refractivity contribution is -0.139. The maximum atomic E-state index is 13.2. The molecule has 1 atom stereocenters. The Bertz CT molecular complexity index is 665. The number of hydrogen-bond donors (Lipinski definition) is 0. The van der Waals surface area contributed by atoms with Crippen LogP contribution in [0, 0.1) is 5.92 Å². The van der Waals surface area contributed by atoms with Crippen molar-refractivity contribution in [3.63, 3.8) is 0 Å². The smallest absolute Gasteiger partial charge is 0.420 e. The summed E-state index contributed by atoms with van der Waals surface area (Å²) in [7, 11) is 0. The molecular formula is C19H25BrF3NO3. The lowest BCUT2D eigenvalue weighted by Crippen LogP contribution is -2.44. The number of amides is 1. The number of carbonyl (C=O) groups is 1. The minimum Gasteiger partial charge on any atom is -0.490 e. The van der Waals surface area contributed by atoms with Crippen LogP contribution in [0.2, 0.25) is 0 Å². The van der Waals surface area contributed by atoms with Gasteiger partial charge in [-0.15, -0.1) is 0 Å². The van der Waals surface area contributed by atoms with Gasteiger partial charge in [0.2, 0.25) is 0 Å². The monoisotopic (exact) mass is 451 g/mol. The Balaban J connectivity index is 1.97. The van der Waals surface area contributed by atoms with Gasteiger partial charge in [-0.3, -0.25) is 0 Å². The summed E-state index contributed by atoms with van der Waals surface area (Å²) in [5, 5.41) is 0. The van der Waals surface area contributed by atoms with Gasteiger partial charge in [0, 0.05) is 17.6 Å². The van der Waals surface area contributed by atoms with Gasteiger partial charge in [0.25, 0.3) is 0 Å². The van der Waals surface area contributed by atoms with Crippen LogP contribution in [0.4, 0.5) is 18.0 Å². The zero-order valence-corrected chi connectivity index (χ0v) is 17.5. The van der Waals surface area contributed by atoms with Crippen LogP contribution in [0.15, 0.2) is 22.7 Å². The second kappa shape index (κ2) is 8.29. The molecule has 0 aliphatic carbocycles. The first-order chi connectivity index (χ1) is 12.4. The summed E-state index contributed by atoms with van der Waals surface area (Å²) in [4.78, 5) is 13.7. The van der Waals surface area contributed by atoms with Gasteiger partial charge in [0.15, 0.2) is 0 Å². The molecule has 1 heterocycles. The van der Waals surface area contributed by atoms with Gasteiger partial charge >= 0.3 is 12.3 Å². The number of likely N-dealkylation sites (tertiary alicyclic amines) is 1. The molecule has 1 aliphatic heterocycles. The van der Waals surface area contributed by atoms with Crippen LogP contribution in [0.5, 0.6) is 5.75 Å². The van der Waals surface area contributed by atoms with E-state index in [9.17, 15) is 18.0 Å². The van der Waals surface area contributed by atoms with Crippen molar-refractivity contribution in [2.45, 2.75) is 58.4 Å². The molecule has 0 aromatic heterocycles. The van der Waals surface area contributed by atoms with E-state index in [1.807, 2.05) is 20.8 Å². The summed E-state index contributed by atoms with van der Waals surface area (Å²) in [5.74, 6) is -0.110. The minimum atomic E-state index is -4.49. The van der Waals surface area contributed by atoms with Crippen molar-refractivity contribution in [3.8, 4) is 5.75 Å². The third kappa shape index (κ3) is 6.30. The maximum Gasteiger partial charge on any atom is 0.420 e. The fourth-order valence-electron chi connectivity index (χ4n) is 3.00. The molecule has 1 fully saturated rings. The molecule has 4 nitrogen and oxygen atoms in total. The van der Waals surface area contributed by atoms with Crippen LogP contribution in [-0.2, 0) is 10.9 Å². The third-order valence-corrected chi connectivity index (χ3v) is 4.91. The molecule has 2 rings (SSSR count). The lowest BCUT2D eigenvalue weighted by Gasteiger charge is -2.35. The molecule has 0 bridgehead atoms. The van der Waals surface area contributed by atoms with Gasteiger partial charge in [-0.25, -0.2) is 4.79 Å². The van der Waals surface area contributed by atoms with Crippen molar-refractivity contribution >= 4 is 22.0 Å². The van der Waals surface area contributed by atoms with Crippen LogP contribution in [0.3, 0.4) is 0 Å². The summed E-state index contributed by atoms with van der Waals surface area (Å²) in [6.07, 6.45) is -3.94. The number of rotatable bonds is 3. The quantitative estimate of drug-likeness (QED) is 0.575. The highest BCUT2D eigenvalue weighted by atomic mass is 79.9. The number of ether oxygens (including phenoxy) is 2. The fraction of sp³-hybridized carbons (Fsp3) is 0.632. The van der Waals surface area contributed by atoms with E-state index in [2.05, 4.69) is 15.9 Å². The van der Waals surface area contributed by atoms with Crippen molar-refractivity contribution in [2.75, 3.05) is 13.1 Å². The molecule has 152 valence electrons. The van der Waals surface area contributed by atoms with Crippen molar-refractivity contribution in [1.29, 1.82) is 0 Å². The summed E-state index contributed by atoms with van der Waals surface area (Å²) in [6.45, 7) is 8.20. The summed E-state index contributed by atoms with van der Waals surface area (Å²) in [6, 6.07) is 3.88. The van der Waals surface area contributed by atoms with Crippen LogP contribution in [0.1, 0.15) is 46.1 Å². The van der Waals surface area contributed by atoms with Crippen LogP contribution in [-0.4, -0.2) is 35.8 Å². The third-order valence-electron chi connectivity index (χ3n) is 4.42. The number of halogens is 4. The summed E-state index contributed by atoms with van der Waals surface area (Å²) < 4.78 is 51.1. The van der Waals surface area contributed by atoms with E-state index in [1.54, 1.807) is 11.8 Å². The topological polar surface area (TPSA) is 38.8 Å². The standard InChI is InChI=1S/C19H25BrF3NO3/c1-12(26-16-6-5-14(20)11-15(16)19(21,22)23)13-7-9-24(10-8-13)17(25)27-18(2,3)4/h5-6,11-13H,7-10H2,1-4H3.